The van der Waals surface area contributed by atoms with Gasteiger partial charge in [-0.15, -0.1) is 0 Å². The summed E-state index contributed by atoms with van der Waals surface area (Å²) in [6.45, 7) is 6.86. The highest BCUT2D eigenvalue weighted by Gasteiger charge is 2.15. The van der Waals surface area contributed by atoms with Crippen molar-refractivity contribution in [2.24, 2.45) is 0 Å². The van der Waals surface area contributed by atoms with Crippen LogP contribution in [0.4, 0.5) is 0 Å². The van der Waals surface area contributed by atoms with E-state index in [1.165, 1.54) is 26.1 Å². The van der Waals surface area contributed by atoms with E-state index in [1.807, 2.05) is 0 Å². The molecular weight excluding hydrogens is 188 g/mol. The van der Waals surface area contributed by atoms with Crippen molar-refractivity contribution in [3.8, 4) is 0 Å². The van der Waals surface area contributed by atoms with Crippen LogP contribution < -0.4 is 10.6 Å². The van der Waals surface area contributed by atoms with Gasteiger partial charge in [-0.25, -0.2) is 0 Å². The predicted molar refractivity (Wildman–Crippen MR) is 65.3 cm³/mol. The van der Waals surface area contributed by atoms with Crippen LogP contribution in [-0.2, 0) is 0 Å². The summed E-state index contributed by atoms with van der Waals surface area (Å²) < 4.78 is 0. The monoisotopic (exact) mass is 214 g/mol. The van der Waals surface area contributed by atoms with Gasteiger partial charge in [0.25, 0.3) is 0 Å². The van der Waals surface area contributed by atoms with Gasteiger partial charge in [0.05, 0.1) is 0 Å². The zero-order valence-corrected chi connectivity index (χ0v) is 10.4. The number of likely N-dealkylation sites (N-methyl/N-ethyl adjacent to an activating group) is 1. The Morgan fingerprint density at radius 1 is 1.47 bits per heavy atom. The summed E-state index contributed by atoms with van der Waals surface area (Å²) in [5, 5.41) is 7.05. The lowest BCUT2D eigenvalue weighted by atomic mass is 10.2. The van der Waals surface area contributed by atoms with E-state index in [2.05, 4.69) is 41.6 Å². The molecule has 1 fully saturated rings. The van der Waals surface area contributed by atoms with Crippen molar-refractivity contribution >= 4 is 0 Å². The average Bonchev–Trinajstić information content (AvgIpc) is 2.17. The molecule has 1 rings (SSSR count). The lowest BCUT2D eigenvalue weighted by molar-refractivity contribution is 0.234. The second-order valence-corrected chi connectivity index (χ2v) is 4.77. The summed E-state index contributed by atoms with van der Waals surface area (Å²) in [7, 11) is 6.44. The van der Waals surface area contributed by atoms with E-state index in [4.69, 9.17) is 0 Å². The van der Waals surface area contributed by atoms with Crippen LogP contribution in [0.25, 0.3) is 0 Å². The SMILES string of the molecule is CN(C)CCCNCC1CN(C)CCN1. The van der Waals surface area contributed by atoms with Crippen molar-refractivity contribution in [1.82, 2.24) is 20.4 Å². The Kier molecular flexibility index (Phi) is 6.17. The molecule has 1 heterocycles. The number of hydrogen-bond acceptors (Lipinski definition) is 4. The molecule has 0 bridgehead atoms. The standard InChI is InChI=1S/C11H26N4/c1-14(2)7-4-5-12-9-11-10-15(3)8-6-13-11/h11-13H,4-10H2,1-3H3. The maximum atomic E-state index is 3.53. The highest BCUT2D eigenvalue weighted by atomic mass is 15.2. The molecule has 4 heteroatoms. The average molecular weight is 214 g/mol. The van der Waals surface area contributed by atoms with Crippen molar-refractivity contribution in [2.45, 2.75) is 12.5 Å². The molecule has 2 N–H and O–H groups in total. The Labute approximate surface area is 94.0 Å². The molecule has 0 aromatic carbocycles. The van der Waals surface area contributed by atoms with E-state index >= 15 is 0 Å². The molecule has 1 aliphatic heterocycles. The molecule has 15 heavy (non-hydrogen) atoms. The maximum absolute atomic E-state index is 3.53. The molecule has 1 unspecified atom stereocenters. The van der Waals surface area contributed by atoms with Gasteiger partial charge in [-0.1, -0.05) is 0 Å². The minimum absolute atomic E-state index is 0.628. The molecule has 1 aliphatic rings. The fraction of sp³-hybridized carbons (Fsp3) is 1.00. The fourth-order valence-corrected chi connectivity index (χ4v) is 1.92. The summed E-state index contributed by atoms with van der Waals surface area (Å²) in [4.78, 5) is 4.62. The number of nitrogens with zero attached hydrogens (tertiary/aromatic N) is 2. The molecule has 1 saturated heterocycles. The quantitative estimate of drug-likeness (QED) is 0.580. The molecule has 0 radical (unpaired) electrons. The number of nitrogens with one attached hydrogen (secondary N) is 2. The van der Waals surface area contributed by atoms with Crippen LogP contribution in [-0.4, -0.2) is 76.3 Å². The molecule has 0 amide bonds. The molecular formula is C11H26N4. The zero-order valence-electron chi connectivity index (χ0n) is 10.4. The Morgan fingerprint density at radius 2 is 2.27 bits per heavy atom. The van der Waals surface area contributed by atoms with Crippen molar-refractivity contribution in [2.75, 3.05) is 60.4 Å². The molecule has 0 aliphatic carbocycles. The number of piperazine rings is 1. The predicted octanol–water partition coefficient (Wildman–Crippen LogP) is -0.569. The first-order chi connectivity index (χ1) is 7.18. The first-order valence-corrected chi connectivity index (χ1v) is 5.96. The third-order valence-electron chi connectivity index (χ3n) is 2.81. The summed E-state index contributed by atoms with van der Waals surface area (Å²) >= 11 is 0. The minimum Gasteiger partial charge on any atom is -0.315 e. The van der Waals surface area contributed by atoms with Crippen molar-refractivity contribution < 1.29 is 0 Å². The van der Waals surface area contributed by atoms with Gasteiger partial charge in [-0.3, -0.25) is 0 Å². The van der Waals surface area contributed by atoms with Crippen LogP contribution in [0.5, 0.6) is 0 Å². The third-order valence-corrected chi connectivity index (χ3v) is 2.81. The van der Waals surface area contributed by atoms with Crippen LogP contribution >= 0.6 is 0 Å². The van der Waals surface area contributed by atoms with Crippen LogP contribution in [0.15, 0.2) is 0 Å². The number of rotatable bonds is 6. The van der Waals surface area contributed by atoms with Crippen molar-refractivity contribution in [3.63, 3.8) is 0 Å². The van der Waals surface area contributed by atoms with E-state index in [0.29, 0.717) is 6.04 Å². The second-order valence-electron chi connectivity index (χ2n) is 4.77. The van der Waals surface area contributed by atoms with E-state index in [9.17, 15) is 0 Å². The van der Waals surface area contributed by atoms with E-state index in [0.717, 1.165) is 19.6 Å². The third kappa shape index (κ3) is 6.10. The van der Waals surface area contributed by atoms with Crippen LogP contribution in [0, 0.1) is 0 Å². The first-order valence-electron chi connectivity index (χ1n) is 5.96. The van der Waals surface area contributed by atoms with Crippen LogP contribution in [0.3, 0.4) is 0 Å². The summed E-state index contributed by atoms with van der Waals surface area (Å²) in [6, 6.07) is 0.628. The molecule has 0 saturated carbocycles. The second kappa shape index (κ2) is 7.17. The van der Waals surface area contributed by atoms with Gasteiger partial charge in [0.15, 0.2) is 0 Å². The molecule has 1 atom stereocenters. The van der Waals surface area contributed by atoms with E-state index in [-0.39, 0.29) is 0 Å². The highest BCUT2D eigenvalue weighted by molar-refractivity contribution is 4.78. The molecule has 0 spiro atoms. The Hall–Kier alpha value is -0.160. The fourth-order valence-electron chi connectivity index (χ4n) is 1.92. The van der Waals surface area contributed by atoms with E-state index in [1.54, 1.807) is 0 Å². The van der Waals surface area contributed by atoms with Gasteiger partial charge in [0, 0.05) is 32.2 Å². The Bertz CT molecular complexity index is 161. The smallest absolute Gasteiger partial charge is 0.0320 e. The molecule has 0 aromatic heterocycles. The van der Waals surface area contributed by atoms with Crippen LogP contribution in [0.2, 0.25) is 0 Å². The topological polar surface area (TPSA) is 30.5 Å². The normalized spacial score (nSPS) is 23.6. The van der Waals surface area contributed by atoms with Gasteiger partial charge in [0.1, 0.15) is 0 Å². The number of hydrogen-bond donors (Lipinski definition) is 2. The highest BCUT2D eigenvalue weighted by Crippen LogP contribution is 1.94. The van der Waals surface area contributed by atoms with Gasteiger partial charge < -0.3 is 20.4 Å². The van der Waals surface area contributed by atoms with Crippen molar-refractivity contribution in [3.05, 3.63) is 0 Å². The molecule has 0 aromatic rings. The Morgan fingerprint density at radius 3 is 2.93 bits per heavy atom. The van der Waals surface area contributed by atoms with Gasteiger partial charge in [-0.2, -0.15) is 0 Å². The summed E-state index contributed by atoms with van der Waals surface area (Å²) in [5.41, 5.74) is 0. The van der Waals surface area contributed by atoms with Gasteiger partial charge in [-0.05, 0) is 40.7 Å². The molecule has 4 nitrogen and oxygen atoms in total. The lowest BCUT2D eigenvalue weighted by Crippen LogP contribution is -2.53. The summed E-state index contributed by atoms with van der Waals surface area (Å²) in [5.74, 6) is 0. The Balaban J connectivity index is 1.95. The minimum atomic E-state index is 0.628. The first kappa shape index (κ1) is 12.9. The van der Waals surface area contributed by atoms with Gasteiger partial charge in [0.2, 0.25) is 0 Å². The van der Waals surface area contributed by atoms with Crippen molar-refractivity contribution in [1.29, 1.82) is 0 Å². The zero-order chi connectivity index (χ0) is 11.1. The largest absolute Gasteiger partial charge is 0.315 e. The molecule has 90 valence electrons. The van der Waals surface area contributed by atoms with E-state index < -0.39 is 0 Å². The maximum Gasteiger partial charge on any atom is 0.0320 e. The lowest BCUT2D eigenvalue weighted by Gasteiger charge is -2.31. The van der Waals surface area contributed by atoms with Gasteiger partial charge >= 0.3 is 0 Å². The van der Waals surface area contributed by atoms with Crippen LogP contribution in [0.1, 0.15) is 6.42 Å². The summed E-state index contributed by atoms with van der Waals surface area (Å²) in [6.07, 6.45) is 1.23.